The number of carbonyl (C=O) groups is 4. The number of hydrogen-bond acceptors (Lipinski definition) is 7. The smallest absolute Gasteiger partial charge is 0.414 e. The molecule has 1 aliphatic heterocycles. The van der Waals surface area contributed by atoms with E-state index in [0.717, 1.165) is 5.56 Å². The van der Waals surface area contributed by atoms with Gasteiger partial charge in [0, 0.05) is 31.7 Å². The number of carbonyl (C=O) groups excluding carboxylic acids is 3. The van der Waals surface area contributed by atoms with Crippen molar-refractivity contribution in [3.05, 3.63) is 65.7 Å². The maximum absolute atomic E-state index is 12.4. The maximum atomic E-state index is 12.4. The van der Waals surface area contributed by atoms with Gasteiger partial charge in [-0.15, -0.1) is 0 Å². The number of ether oxygens (including phenoxy) is 1. The first-order chi connectivity index (χ1) is 17.3. The topological polar surface area (TPSA) is 167 Å². The number of aliphatic imine (C=N–C) groups is 1. The van der Waals surface area contributed by atoms with Gasteiger partial charge in [-0.2, -0.15) is 0 Å². The summed E-state index contributed by atoms with van der Waals surface area (Å²) in [4.78, 5) is 54.8. The first-order valence-corrected chi connectivity index (χ1v) is 11.2. The number of carboxylic acids is 1. The summed E-state index contributed by atoms with van der Waals surface area (Å²) in [6.07, 6.45) is -0.746. The molecule has 12 heteroatoms. The number of guanidine groups is 1. The van der Waals surface area contributed by atoms with Crippen LogP contribution in [0.4, 0.5) is 10.5 Å². The molecule has 1 fully saturated rings. The molecule has 36 heavy (non-hydrogen) atoms. The molecule has 0 bridgehead atoms. The van der Waals surface area contributed by atoms with E-state index in [2.05, 4.69) is 15.6 Å². The van der Waals surface area contributed by atoms with Crippen LogP contribution in [0.1, 0.15) is 15.9 Å². The second kappa shape index (κ2) is 12.9. The second-order valence-electron chi connectivity index (χ2n) is 7.96. The van der Waals surface area contributed by atoms with E-state index in [0.29, 0.717) is 37.4 Å². The average molecular weight is 497 g/mol. The van der Waals surface area contributed by atoms with Gasteiger partial charge in [-0.25, -0.2) is 9.79 Å². The third-order valence-electron chi connectivity index (χ3n) is 5.31. The quantitative estimate of drug-likeness (QED) is 0.303. The fourth-order valence-electron chi connectivity index (χ4n) is 3.43. The van der Waals surface area contributed by atoms with Crippen LogP contribution in [0.3, 0.4) is 0 Å². The van der Waals surface area contributed by atoms with Crippen LogP contribution in [-0.2, 0) is 20.9 Å². The van der Waals surface area contributed by atoms with E-state index in [9.17, 15) is 19.2 Å². The van der Waals surface area contributed by atoms with Crippen molar-refractivity contribution in [2.75, 3.05) is 39.3 Å². The molecule has 5 N–H and O–H groups in total. The third-order valence-corrected chi connectivity index (χ3v) is 5.31. The van der Waals surface area contributed by atoms with Crippen LogP contribution in [-0.4, -0.2) is 84.0 Å². The lowest BCUT2D eigenvalue weighted by molar-refractivity contribution is -0.139. The highest BCUT2D eigenvalue weighted by Gasteiger charge is 2.22. The van der Waals surface area contributed by atoms with E-state index in [1.165, 1.54) is 12.1 Å². The Morgan fingerprint density at radius 3 is 2.28 bits per heavy atom. The molecule has 3 amide bonds. The molecular weight excluding hydrogens is 468 g/mol. The minimum Gasteiger partial charge on any atom is -0.480 e. The van der Waals surface area contributed by atoms with Gasteiger partial charge in [0.15, 0.2) is 0 Å². The van der Waals surface area contributed by atoms with Gasteiger partial charge in [0.2, 0.25) is 11.9 Å². The van der Waals surface area contributed by atoms with Crippen LogP contribution in [0.25, 0.3) is 0 Å². The van der Waals surface area contributed by atoms with Crippen LogP contribution >= 0.6 is 0 Å². The molecule has 1 aliphatic rings. The normalized spacial score (nSPS) is 14.1. The molecule has 2 aromatic carbocycles. The number of hydrogen-bond donors (Lipinski definition) is 4. The van der Waals surface area contributed by atoms with Crippen molar-refractivity contribution >= 4 is 35.5 Å². The first-order valence-electron chi connectivity index (χ1n) is 11.2. The number of nitrogens with zero attached hydrogens (tertiary/aromatic N) is 3. The van der Waals surface area contributed by atoms with E-state index in [1.807, 2.05) is 30.3 Å². The molecule has 2 aromatic rings. The third kappa shape index (κ3) is 8.40. The predicted octanol–water partition coefficient (Wildman–Crippen LogP) is 0.518. The number of amides is 3. The Morgan fingerprint density at radius 2 is 1.64 bits per heavy atom. The summed E-state index contributed by atoms with van der Waals surface area (Å²) in [7, 11) is 0. The average Bonchev–Trinajstić information content (AvgIpc) is 2.87. The highest BCUT2D eigenvalue weighted by atomic mass is 16.5. The summed E-state index contributed by atoms with van der Waals surface area (Å²) in [5, 5.41) is 13.7. The summed E-state index contributed by atoms with van der Waals surface area (Å²) in [5.74, 6) is -1.74. The standard InChI is InChI=1S/C24H28N6O6/c25-23(28-24(35)36-16-17-4-2-1-3-5-17)27-19-8-6-18(7-9-19)22(34)26-14-20(31)30-12-10-29(11-13-30)15-21(32)33/h1-9H,10-16H2,(H,26,34)(H,32,33)(H3,25,27,28,35). The number of nitrogens with two attached hydrogens (primary N) is 1. The largest absolute Gasteiger partial charge is 0.480 e. The highest BCUT2D eigenvalue weighted by Crippen LogP contribution is 2.13. The molecule has 190 valence electrons. The lowest BCUT2D eigenvalue weighted by atomic mass is 10.2. The van der Waals surface area contributed by atoms with Gasteiger partial charge in [0.05, 0.1) is 18.8 Å². The number of nitrogens with one attached hydrogen (secondary N) is 2. The van der Waals surface area contributed by atoms with Crippen molar-refractivity contribution in [2.24, 2.45) is 10.7 Å². The number of rotatable bonds is 8. The molecule has 1 heterocycles. The Hall–Kier alpha value is -4.45. The Morgan fingerprint density at radius 1 is 0.972 bits per heavy atom. The van der Waals surface area contributed by atoms with Gasteiger partial charge in [0.25, 0.3) is 5.91 Å². The van der Waals surface area contributed by atoms with E-state index < -0.39 is 18.0 Å². The van der Waals surface area contributed by atoms with Crippen LogP contribution in [0.15, 0.2) is 59.6 Å². The molecule has 0 unspecified atom stereocenters. The lowest BCUT2D eigenvalue weighted by Crippen LogP contribution is -2.52. The molecule has 0 aliphatic carbocycles. The van der Waals surface area contributed by atoms with E-state index in [1.54, 1.807) is 21.9 Å². The second-order valence-corrected chi connectivity index (χ2v) is 7.96. The van der Waals surface area contributed by atoms with Crippen LogP contribution in [0.2, 0.25) is 0 Å². The summed E-state index contributed by atoms with van der Waals surface area (Å²) in [6, 6.07) is 15.3. The Labute approximate surface area is 207 Å². The zero-order chi connectivity index (χ0) is 25.9. The zero-order valence-electron chi connectivity index (χ0n) is 19.6. The van der Waals surface area contributed by atoms with Crippen LogP contribution < -0.4 is 16.4 Å². The van der Waals surface area contributed by atoms with Crippen molar-refractivity contribution in [1.29, 1.82) is 0 Å². The first kappa shape index (κ1) is 26.2. The van der Waals surface area contributed by atoms with Gasteiger partial charge in [-0.1, -0.05) is 30.3 Å². The van der Waals surface area contributed by atoms with Gasteiger partial charge in [0.1, 0.15) is 6.61 Å². The maximum Gasteiger partial charge on any atom is 0.414 e. The van der Waals surface area contributed by atoms with Gasteiger partial charge in [-0.05, 0) is 29.8 Å². The minimum atomic E-state index is -0.904. The molecular formula is C24H28N6O6. The Balaban J connectivity index is 1.41. The molecule has 12 nitrogen and oxygen atoms in total. The molecule has 3 rings (SSSR count). The summed E-state index contributed by atoms with van der Waals surface area (Å²) >= 11 is 0. The van der Waals surface area contributed by atoms with Crippen molar-refractivity contribution in [3.63, 3.8) is 0 Å². The lowest BCUT2D eigenvalue weighted by Gasteiger charge is -2.33. The van der Waals surface area contributed by atoms with E-state index in [-0.39, 0.29) is 31.6 Å². The number of carboxylic acid groups (broad SMARTS) is 1. The van der Waals surface area contributed by atoms with Crippen molar-refractivity contribution in [2.45, 2.75) is 6.61 Å². The number of benzene rings is 2. The monoisotopic (exact) mass is 496 g/mol. The summed E-state index contributed by atoms with van der Waals surface area (Å²) < 4.78 is 5.08. The van der Waals surface area contributed by atoms with Crippen LogP contribution in [0.5, 0.6) is 0 Å². The van der Waals surface area contributed by atoms with Gasteiger partial charge < -0.3 is 25.8 Å². The summed E-state index contributed by atoms with van der Waals surface area (Å²) in [6.45, 7) is 1.62. The van der Waals surface area contributed by atoms with Crippen molar-refractivity contribution < 1.29 is 29.0 Å². The molecule has 0 radical (unpaired) electrons. The fourth-order valence-corrected chi connectivity index (χ4v) is 3.43. The number of aliphatic carboxylic acids is 1. The predicted molar refractivity (Wildman–Crippen MR) is 130 cm³/mol. The highest BCUT2D eigenvalue weighted by molar-refractivity contribution is 5.97. The van der Waals surface area contributed by atoms with E-state index in [4.69, 9.17) is 15.6 Å². The van der Waals surface area contributed by atoms with Crippen LogP contribution in [0, 0.1) is 0 Å². The Kier molecular flexibility index (Phi) is 9.34. The summed E-state index contributed by atoms with van der Waals surface area (Å²) in [5.41, 5.74) is 7.30. The molecule has 0 saturated carbocycles. The van der Waals surface area contributed by atoms with Crippen molar-refractivity contribution in [3.8, 4) is 0 Å². The van der Waals surface area contributed by atoms with Crippen molar-refractivity contribution in [1.82, 2.24) is 20.4 Å². The SMILES string of the molecule is NC(=Nc1ccc(C(=O)NCC(=O)N2CCN(CC(=O)O)CC2)cc1)NC(=O)OCc1ccccc1. The number of piperazine rings is 1. The minimum absolute atomic E-state index is 0.0567. The Bertz CT molecular complexity index is 1100. The molecule has 0 spiro atoms. The molecule has 0 atom stereocenters. The number of alkyl carbamates (subject to hydrolysis) is 1. The van der Waals surface area contributed by atoms with E-state index >= 15 is 0 Å². The fraction of sp³-hybridized carbons (Fsp3) is 0.292. The molecule has 0 aromatic heterocycles. The zero-order valence-corrected chi connectivity index (χ0v) is 19.6. The van der Waals surface area contributed by atoms with Gasteiger partial charge in [-0.3, -0.25) is 24.6 Å². The molecule has 1 saturated heterocycles. The van der Waals surface area contributed by atoms with Gasteiger partial charge >= 0.3 is 12.1 Å².